The lowest BCUT2D eigenvalue weighted by atomic mass is 9.95. The largest absolute Gasteiger partial charge is 0.380 e. The van der Waals surface area contributed by atoms with E-state index in [9.17, 15) is 4.57 Å². The van der Waals surface area contributed by atoms with Crippen molar-refractivity contribution in [3.8, 4) is 0 Å². The fourth-order valence-corrected chi connectivity index (χ4v) is 2.83. The lowest BCUT2D eigenvalue weighted by molar-refractivity contribution is 0.152. The molecule has 2 atom stereocenters. The Bertz CT molecular complexity index is 193. The third-order valence-electron chi connectivity index (χ3n) is 2.41. The lowest BCUT2D eigenvalue weighted by Crippen LogP contribution is -2.17. The average molecular weight is 261 g/mol. The first-order chi connectivity index (χ1) is 6.40. The fraction of sp³-hybridized carbons (Fsp3) is 1.00. The summed E-state index contributed by atoms with van der Waals surface area (Å²) < 4.78 is 16.1. The molecule has 2 unspecified atom stereocenters. The molecule has 0 aliphatic rings. The van der Waals surface area contributed by atoms with Gasteiger partial charge in [-0.15, -0.1) is 0 Å². The van der Waals surface area contributed by atoms with Crippen LogP contribution in [0.25, 0.3) is 0 Å². The van der Waals surface area contributed by atoms with Crippen LogP contribution in [0, 0.1) is 5.92 Å². The maximum Gasteiger partial charge on any atom is 0.380 e. The second-order valence-corrected chi connectivity index (χ2v) is 7.76. The number of halogens is 2. The summed E-state index contributed by atoms with van der Waals surface area (Å²) in [6.45, 7) is 6.11. The van der Waals surface area contributed by atoms with Crippen molar-refractivity contribution in [2.45, 2.75) is 52.6 Å². The summed E-state index contributed by atoms with van der Waals surface area (Å²) in [6, 6.07) is 0. The quantitative estimate of drug-likeness (QED) is 0.589. The Kier molecular flexibility index (Phi) is 7.50. The molecule has 0 aromatic rings. The molecule has 0 aliphatic carbocycles. The topological polar surface area (TPSA) is 26.3 Å². The van der Waals surface area contributed by atoms with E-state index in [1.54, 1.807) is 0 Å². The van der Waals surface area contributed by atoms with Crippen LogP contribution in [0.3, 0.4) is 0 Å². The van der Waals surface area contributed by atoms with Crippen LogP contribution in [0.1, 0.15) is 46.5 Å². The van der Waals surface area contributed by atoms with E-state index in [4.69, 9.17) is 27.0 Å². The van der Waals surface area contributed by atoms with Crippen molar-refractivity contribution >= 4 is 28.6 Å². The van der Waals surface area contributed by atoms with Gasteiger partial charge in [-0.2, -0.15) is 0 Å². The van der Waals surface area contributed by atoms with Gasteiger partial charge < -0.3 is 4.52 Å². The summed E-state index contributed by atoms with van der Waals surface area (Å²) in [5, 5.41) is 0. The lowest BCUT2D eigenvalue weighted by Gasteiger charge is -2.22. The third-order valence-corrected chi connectivity index (χ3v) is 3.46. The predicted octanol–water partition coefficient (Wildman–Crippen LogP) is 5.19. The first kappa shape index (κ1) is 14.8. The maximum absolute atomic E-state index is 11.0. The van der Waals surface area contributed by atoms with Crippen LogP contribution in [0.4, 0.5) is 0 Å². The minimum atomic E-state index is -3.38. The Morgan fingerprint density at radius 2 is 1.93 bits per heavy atom. The zero-order valence-corrected chi connectivity index (χ0v) is 11.4. The molecule has 0 rings (SSSR count). The van der Waals surface area contributed by atoms with E-state index >= 15 is 0 Å². The molecule has 86 valence electrons. The van der Waals surface area contributed by atoms with Crippen molar-refractivity contribution in [1.29, 1.82) is 0 Å². The van der Waals surface area contributed by atoms with Gasteiger partial charge in [-0.3, -0.25) is 4.57 Å². The molecule has 2 nitrogen and oxygen atoms in total. The molecule has 0 amide bonds. The Morgan fingerprint density at radius 3 is 2.29 bits per heavy atom. The second kappa shape index (κ2) is 7.11. The van der Waals surface area contributed by atoms with Crippen LogP contribution in [0.5, 0.6) is 0 Å². The normalized spacial score (nSPS) is 16.6. The maximum atomic E-state index is 11.0. The van der Waals surface area contributed by atoms with Gasteiger partial charge in [-0.25, -0.2) is 0 Å². The first-order valence-electron chi connectivity index (χ1n) is 5.08. The molecule has 14 heavy (non-hydrogen) atoms. The van der Waals surface area contributed by atoms with Crippen LogP contribution < -0.4 is 0 Å². The SMILES string of the molecule is CCCCC(CC)C(C)OP(=O)(Cl)Cl. The summed E-state index contributed by atoms with van der Waals surface area (Å²) in [4.78, 5) is 0. The van der Waals surface area contributed by atoms with Gasteiger partial charge in [-0.05, 0) is 41.7 Å². The molecule has 0 heterocycles. The minimum Gasteiger partial charge on any atom is -0.303 e. The van der Waals surface area contributed by atoms with E-state index in [0.717, 1.165) is 25.7 Å². The summed E-state index contributed by atoms with van der Waals surface area (Å²) in [7, 11) is 0. The Labute approximate surface area is 96.3 Å². The number of hydrogen-bond donors (Lipinski definition) is 0. The molecule has 0 N–H and O–H groups in total. The van der Waals surface area contributed by atoms with E-state index in [2.05, 4.69) is 13.8 Å². The van der Waals surface area contributed by atoms with Crippen molar-refractivity contribution in [2.24, 2.45) is 5.92 Å². The minimum absolute atomic E-state index is 0.132. The summed E-state index contributed by atoms with van der Waals surface area (Å²) in [5.41, 5.74) is 0. The van der Waals surface area contributed by atoms with Gasteiger partial charge >= 0.3 is 6.07 Å². The highest BCUT2D eigenvalue weighted by atomic mass is 35.9. The van der Waals surface area contributed by atoms with E-state index in [1.807, 2.05) is 6.92 Å². The van der Waals surface area contributed by atoms with E-state index in [1.165, 1.54) is 0 Å². The summed E-state index contributed by atoms with van der Waals surface area (Å²) in [6.07, 6.45) is 0.867. The van der Waals surface area contributed by atoms with Crippen LogP contribution in [0.2, 0.25) is 0 Å². The van der Waals surface area contributed by atoms with Gasteiger partial charge in [0, 0.05) is 0 Å². The molecule has 0 fully saturated rings. The van der Waals surface area contributed by atoms with Crippen molar-refractivity contribution in [2.75, 3.05) is 0 Å². The zero-order valence-electron chi connectivity index (χ0n) is 9.00. The van der Waals surface area contributed by atoms with Crippen molar-refractivity contribution in [3.63, 3.8) is 0 Å². The Balaban J connectivity index is 4.03. The highest BCUT2D eigenvalue weighted by molar-refractivity contribution is 8.05. The number of rotatable bonds is 7. The van der Waals surface area contributed by atoms with Gasteiger partial charge in [-0.1, -0.05) is 33.1 Å². The number of hydrogen-bond acceptors (Lipinski definition) is 2. The van der Waals surface area contributed by atoms with Crippen LogP contribution in [0.15, 0.2) is 0 Å². The molecule has 0 bridgehead atoms. The zero-order chi connectivity index (χ0) is 11.2. The fourth-order valence-electron chi connectivity index (χ4n) is 1.52. The molecule has 0 saturated carbocycles. The number of unbranched alkanes of at least 4 members (excludes halogenated alkanes) is 1. The van der Waals surface area contributed by atoms with E-state index < -0.39 is 6.07 Å². The molecule has 0 aliphatic heterocycles. The standard InChI is InChI=1S/C9H19Cl2O2P/c1-4-6-7-9(5-2)8(3)13-14(10,11)12/h8-9H,4-7H2,1-3H3. The second-order valence-electron chi connectivity index (χ2n) is 3.54. The van der Waals surface area contributed by atoms with Gasteiger partial charge in [0.25, 0.3) is 0 Å². The van der Waals surface area contributed by atoms with Crippen molar-refractivity contribution < 1.29 is 9.09 Å². The monoisotopic (exact) mass is 260 g/mol. The Hall–Kier alpha value is 0.770. The molecular formula is C9H19Cl2O2P. The molecule has 0 spiro atoms. The molecule has 0 saturated heterocycles. The average Bonchev–Trinajstić information content (AvgIpc) is 2.02. The predicted molar refractivity (Wildman–Crippen MR) is 63.2 cm³/mol. The molecule has 0 aromatic carbocycles. The van der Waals surface area contributed by atoms with Gasteiger partial charge in [0.05, 0.1) is 6.10 Å². The van der Waals surface area contributed by atoms with Gasteiger partial charge in [0.1, 0.15) is 0 Å². The first-order valence-corrected chi connectivity index (χ1v) is 8.52. The van der Waals surface area contributed by atoms with Crippen LogP contribution in [-0.2, 0) is 9.09 Å². The summed E-state index contributed by atoms with van der Waals surface area (Å²) >= 11 is 10.7. The van der Waals surface area contributed by atoms with E-state index in [-0.39, 0.29) is 6.10 Å². The van der Waals surface area contributed by atoms with Gasteiger partial charge in [0.15, 0.2) is 0 Å². The molecule has 0 radical (unpaired) electrons. The van der Waals surface area contributed by atoms with Crippen LogP contribution in [-0.4, -0.2) is 6.10 Å². The highest BCUT2D eigenvalue weighted by Gasteiger charge is 2.24. The van der Waals surface area contributed by atoms with Crippen molar-refractivity contribution in [1.82, 2.24) is 0 Å². The summed E-state index contributed by atoms with van der Waals surface area (Å²) in [5.74, 6) is 0.390. The van der Waals surface area contributed by atoms with Crippen LogP contribution >= 0.6 is 28.6 Å². The third kappa shape index (κ3) is 7.11. The highest BCUT2D eigenvalue weighted by Crippen LogP contribution is 2.59. The van der Waals surface area contributed by atoms with Gasteiger partial charge in [0.2, 0.25) is 0 Å². The smallest absolute Gasteiger partial charge is 0.303 e. The Morgan fingerprint density at radius 1 is 1.36 bits per heavy atom. The van der Waals surface area contributed by atoms with E-state index in [0.29, 0.717) is 5.92 Å². The molecule has 0 aromatic heterocycles. The molecule has 5 heteroatoms. The van der Waals surface area contributed by atoms with Crippen molar-refractivity contribution in [3.05, 3.63) is 0 Å². The molecular weight excluding hydrogens is 242 g/mol.